The molecule has 246 valence electrons. The smallest absolute Gasteiger partial charge is 0.410 e. The highest BCUT2D eigenvalue weighted by molar-refractivity contribution is 6.23. The van der Waals surface area contributed by atoms with E-state index in [2.05, 4.69) is 4.90 Å². The molecule has 45 heavy (non-hydrogen) atoms. The Labute approximate surface area is 265 Å². The second-order valence-corrected chi connectivity index (χ2v) is 13.7. The zero-order valence-corrected chi connectivity index (χ0v) is 26.9. The summed E-state index contributed by atoms with van der Waals surface area (Å²) in [6, 6.07) is 4.00. The number of benzene rings is 1. The minimum atomic E-state index is -0.885. The topological polar surface area (TPSA) is 123 Å². The van der Waals surface area contributed by atoms with Gasteiger partial charge in [-0.25, -0.2) is 4.79 Å². The van der Waals surface area contributed by atoms with E-state index in [9.17, 15) is 24.0 Å². The first-order valence-corrected chi connectivity index (χ1v) is 16.5. The van der Waals surface area contributed by atoms with Crippen LogP contribution in [0, 0.1) is 0 Å². The van der Waals surface area contributed by atoms with Gasteiger partial charge in [0.1, 0.15) is 17.1 Å². The first-order valence-electron chi connectivity index (χ1n) is 16.5. The van der Waals surface area contributed by atoms with E-state index in [1.54, 1.807) is 23.1 Å². The van der Waals surface area contributed by atoms with Crippen LogP contribution in [0.5, 0.6) is 5.75 Å². The molecule has 11 heteroatoms. The van der Waals surface area contributed by atoms with E-state index in [-0.39, 0.29) is 60.3 Å². The van der Waals surface area contributed by atoms with Gasteiger partial charge in [0.15, 0.2) is 5.78 Å². The van der Waals surface area contributed by atoms with E-state index >= 15 is 0 Å². The number of likely N-dealkylation sites (tertiary alicyclic amines) is 2. The van der Waals surface area contributed by atoms with Crippen molar-refractivity contribution in [3.05, 3.63) is 29.3 Å². The molecular formula is C34H47N3O8. The Balaban J connectivity index is 0.963. The van der Waals surface area contributed by atoms with Crippen LogP contribution in [0.2, 0.25) is 0 Å². The van der Waals surface area contributed by atoms with E-state index < -0.39 is 23.5 Å². The standard InChI is InChI=1S/C34H47N3O8/c1-34(2,3)45-33(42)36-21-26(22-36)44-24-14-17-35(18-15-24)16-5-4-6-19-43-25-11-12-27-28(20-25)32(41)37(31(27)40)29-13-10-23(38)8-7-9-30(29)39/h11-12,20,24,26,29H,4-10,13-19,21-22H2,1-3H3. The summed E-state index contributed by atoms with van der Waals surface area (Å²) >= 11 is 0. The SMILES string of the molecule is CC(C)(C)OC(=O)N1CC(OC2CCN(CCCCCOc3ccc4c(c3)C(=O)N(C3CCC(=O)CCCC3=O)C4=O)CC2)C1. The van der Waals surface area contributed by atoms with Gasteiger partial charge in [0, 0.05) is 32.4 Å². The molecule has 1 unspecified atom stereocenters. The van der Waals surface area contributed by atoms with Crippen LogP contribution in [-0.2, 0) is 19.1 Å². The molecular weight excluding hydrogens is 578 g/mol. The van der Waals surface area contributed by atoms with Crippen LogP contribution in [0.15, 0.2) is 18.2 Å². The molecule has 2 saturated heterocycles. The number of rotatable bonds is 10. The average Bonchev–Trinajstić information content (AvgIpc) is 3.20. The number of Topliss-reactive ketones (excluding diaryl/α,β-unsaturated/α-hetero) is 2. The fraction of sp³-hybridized carbons (Fsp3) is 0.676. The van der Waals surface area contributed by atoms with E-state index in [4.69, 9.17) is 14.2 Å². The number of unbranched alkanes of at least 4 members (excludes halogenated alkanes) is 2. The highest BCUT2D eigenvalue weighted by Crippen LogP contribution is 2.31. The number of ether oxygens (including phenoxy) is 3. The normalized spacial score (nSPS) is 22.2. The highest BCUT2D eigenvalue weighted by atomic mass is 16.6. The second kappa shape index (κ2) is 14.4. The van der Waals surface area contributed by atoms with Crippen molar-refractivity contribution in [2.75, 3.05) is 39.3 Å². The number of amides is 3. The monoisotopic (exact) mass is 625 g/mol. The molecule has 0 aromatic heterocycles. The molecule has 1 saturated carbocycles. The number of piperidine rings is 1. The molecule has 1 aromatic rings. The predicted octanol–water partition coefficient (Wildman–Crippen LogP) is 4.40. The number of hydrogen-bond acceptors (Lipinski definition) is 9. The summed E-state index contributed by atoms with van der Waals surface area (Å²) in [5.41, 5.74) is 0.0448. The Morgan fingerprint density at radius 1 is 0.867 bits per heavy atom. The van der Waals surface area contributed by atoms with Gasteiger partial charge < -0.3 is 24.0 Å². The molecule has 3 amide bonds. The zero-order chi connectivity index (χ0) is 32.1. The lowest BCUT2D eigenvalue weighted by Crippen LogP contribution is -2.57. The van der Waals surface area contributed by atoms with Crippen molar-refractivity contribution in [2.45, 2.75) is 109 Å². The number of carbonyl (C=O) groups is 5. The molecule has 3 heterocycles. The van der Waals surface area contributed by atoms with E-state index in [0.717, 1.165) is 56.6 Å². The number of ketones is 2. The average molecular weight is 626 g/mol. The lowest BCUT2D eigenvalue weighted by Gasteiger charge is -2.42. The summed E-state index contributed by atoms with van der Waals surface area (Å²) in [5, 5.41) is 0. The maximum Gasteiger partial charge on any atom is 0.410 e. The minimum absolute atomic E-state index is 0.0638. The van der Waals surface area contributed by atoms with E-state index in [1.165, 1.54) is 0 Å². The maximum absolute atomic E-state index is 13.2. The Kier molecular flexibility index (Phi) is 10.6. The molecule has 4 aliphatic rings. The van der Waals surface area contributed by atoms with Gasteiger partial charge in [-0.2, -0.15) is 0 Å². The highest BCUT2D eigenvalue weighted by Gasteiger charge is 2.43. The molecule has 0 bridgehead atoms. The number of carbonyl (C=O) groups excluding carboxylic acids is 5. The molecule has 1 aromatic carbocycles. The van der Waals surface area contributed by atoms with E-state index in [0.29, 0.717) is 38.3 Å². The Bertz CT molecular complexity index is 1280. The third-order valence-corrected chi connectivity index (χ3v) is 8.95. The Morgan fingerprint density at radius 3 is 2.33 bits per heavy atom. The lowest BCUT2D eigenvalue weighted by atomic mass is 9.94. The van der Waals surface area contributed by atoms with Crippen molar-refractivity contribution in [1.29, 1.82) is 0 Å². The first kappa shape index (κ1) is 33.1. The largest absolute Gasteiger partial charge is 0.494 e. The molecule has 3 fully saturated rings. The molecule has 5 rings (SSSR count). The third kappa shape index (κ3) is 8.49. The molecule has 1 atom stereocenters. The van der Waals surface area contributed by atoms with Crippen LogP contribution < -0.4 is 4.74 Å². The second-order valence-electron chi connectivity index (χ2n) is 13.7. The summed E-state index contributed by atoms with van der Waals surface area (Å²) in [5.74, 6) is -0.534. The predicted molar refractivity (Wildman–Crippen MR) is 165 cm³/mol. The van der Waals surface area contributed by atoms with Gasteiger partial charge in [-0.1, -0.05) is 0 Å². The van der Waals surface area contributed by atoms with Crippen molar-refractivity contribution in [3.8, 4) is 5.75 Å². The zero-order valence-electron chi connectivity index (χ0n) is 26.9. The van der Waals surface area contributed by atoms with Gasteiger partial charge in [0.25, 0.3) is 11.8 Å². The van der Waals surface area contributed by atoms with E-state index in [1.807, 2.05) is 20.8 Å². The Hall–Kier alpha value is -3.31. The summed E-state index contributed by atoms with van der Waals surface area (Å²) in [4.78, 5) is 68.3. The van der Waals surface area contributed by atoms with Crippen LogP contribution in [0.25, 0.3) is 0 Å². The summed E-state index contributed by atoms with van der Waals surface area (Å²) in [6.45, 7) is 10.3. The summed E-state index contributed by atoms with van der Waals surface area (Å²) in [7, 11) is 0. The van der Waals surface area contributed by atoms with Crippen LogP contribution in [-0.4, -0.2) is 107 Å². The van der Waals surface area contributed by atoms with Gasteiger partial charge in [-0.05, 0) is 90.5 Å². The molecule has 11 nitrogen and oxygen atoms in total. The van der Waals surface area contributed by atoms with Gasteiger partial charge >= 0.3 is 6.09 Å². The van der Waals surface area contributed by atoms with Crippen LogP contribution >= 0.6 is 0 Å². The molecule has 0 spiro atoms. The fourth-order valence-corrected chi connectivity index (χ4v) is 6.44. The van der Waals surface area contributed by atoms with Gasteiger partial charge in [0.2, 0.25) is 0 Å². The number of imide groups is 1. The summed E-state index contributed by atoms with van der Waals surface area (Å²) in [6.07, 6.45) is 6.42. The van der Waals surface area contributed by atoms with Gasteiger partial charge in [-0.3, -0.25) is 24.1 Å². The van der Waals surface area contributed by atoms with Crippen molar-refractivity contribution < 1.29 is 38.2 Å². The number of fused-ring (bicyclic) bond motifs is 1. The van der Waals surface area contributed by atoms with Crippen molar-refractivity contribution in [3.63, 3.8) is 0 Å². The van der Waals surface area contributed by atoms with Crippen molar-refractivity contribution >= 4 is 29.5 Å². The fourth-order valence-electron chi connectivity index (χ4n) is 6.44. The number of hydrogen-bond donors (Lipinski definition) is 0. The Morgan fingerprint density at radius 2 is 1.60 bits per heavy atom. The summed E-state index contributed by atoms with van der Waals surface area (Å²) < 4.78 is 17.5. The molecule has 3 aliphatic heterocycles. The number of nitrogens with zero attached hydrogens (tertiary/aromatic N) is 3. The third-order valence-electron chi connectivity index (χ3n) is 8.95. The van der Waals surface area contributed by atoms with Crippen LogP contribution in [0.3, 0.4) is 0 Å². The quantitative estimate of drug-likeness (QED) is 0.275. The molecule has 0 N–H and O–H groups in total. The van der Waals surface area contributed by atoms with Crippen LogP contribution in [0.1, 0.15) is 106 Å². The maximum atomic E-state index is 13.2. The van der Waals surface area contributed by atoms with Crippen molar-refractivity contribution in [1.82, 2.24) is 14.7 Å². The van der Waals surface area contributed by atoms with Gasteiger partial charge in [-0.15, -0.1) is 0 Å². The lowest BCUT2D eigenvalue weighted by molar-refractivity contribution is -0.125. The molecule has 0 radical (unpaired) electrons. The minimum Gasteiger partial charge on any atom is -0.494 e. The van der Waals surface area contributed by atoms with Crippen molar-refractivity contribution in [2.24, 2.45) is 0 Å². The van der Waals surface area contributed by atoms with Gasteiger partial charge in [0.05, 0.1) is 49.1 Å². The molecule has 1 aliphatic carbocycles. The first-order chi connectivity index (χ1) is 21.5. The van der Waals surface area contributed by atoms with Crippen LogP contribution in [0.4, 0.5) is 4.79 Å².